The van der Waals surface area contributed by atoms with Gasteiger partial charge in [0, 0.05) is 30.5 Å². The van der Waals surface area contributed by atoms with E-state index in [0.717, 1.165) is 35.1 Å². The van der Waals surface area contributed by atoms with Gasteiger partial charge >= 0.3 is 0 Å². The third kappa shape index (κ3) is 3.66. The van der Waals surface area contributed by atoms with Crippen molar-refractivity contribution in [1.29, 1.82) is 0 Å². The lowest BCUT2D eigenvalue weighted by Gasteiger charge is -2.20. The average molecular weight is 422 g/mol. The molecule has 162 valence electrons. The summed E-state index contributed by atoms with van der Waals surface area (Å²) in [5, 5.41) is 2.89. The highest BCUT2D eigenvalue weighted by Crippen LogP contribution is 2.41. The summed E-state index contributed by atoms with van der Waals surface area (Å²) < 4.78 is 19.4. The van der Waals surface area contributed by atoms with E-state index < -0.39 is 0 Å². The zero-order chi connectivity index (χ0) is 21.5. The summed E-state index contributed by atoms with van der Waals surface area (Å²) in [6.07, 6.45) is 4.47. The van der Waals surface area contributed by atoms with Crippen LogP contribution in [0.15, 0.2) is 30.6 Å². The lowest BCUT2D eigenvalue weighted by atomic mass is 10.0. The zero-order valence-corrected chi connectivity index (χ0v) is 17.9. The molecular formula is C23H26N4O4. The van der Waals surface area contributed by atoms with Crippen LogP contribution in [0, 0.1) is 5.92 Å². The number of imidazole rings is 1. The van der Waals surface area contributed by atoms with E-state index in [9.17, 15) is 4.79 Å². The van der Waals surface area contributed by atoms with Gasteiger partial charge in [0.2, 0.25) is 11.8 Å². The fraction of sp³-hybridized carbons (Fsp3) is 0.435. The van der Waals surface area contributed by atoms with Gasteiger partial charge in [-0.15, -0.1) is 0 Å². The van der Waals surface area contributed by atoms with Crippen LogP contribution in [0.25, 0.3) is 22.3 Å². The van der Waals surface area contributed by atoms with Crippen molar-refractivity contribution in [3.63, 3.8) is 0 Å². The Kier molecular flexibility index (Phi) is 4.92. The highest BCUT2D eigenvalue weighted by molar-refractivity contribution is 5.85. The van der Waals surface area contributed by atoms with Crippen LogP contribution in [0.4, 0.5) is 0 Å². The van der Waals surface area contributed by atoms with E-state index in [2.05, 4.69) is 14.9 Å². The number of nitrogens with one attached hydrogen (secondary N) is 1. The van der Waals surface area contributed by atoms with E-state index >= 15 is 0 Å². The molecule has 1 aliphatic carbocycles. The lowest BCUT2D eigenvalue weighted by Crippen LogP contribution is -2.26. The maximum absolute atomic E-state index is 11.7. The van der Waals surface area contributed by atoms with Gasteiger partial charge in [-0.3, -0.25) is 4.79 Å². The summed E-state index contributed by atoms with van der Waals surface area (Å²) in [5.41, 5.74) is 3.39. The number of aromatic nitrogens is 3. The summed E-state index contributed by atoms with van der Waals surface area (Å²) >= 11 is 0. The van der Waals surface area contributed by atoms with Gasteiger partial charge in [-0.2, -0.15) is 0 Å². The van der Waals surface area contributed by atoms with E-state index in [1.54, 1.807) is 14.2 Å². The third-order valence-corrected chi connectivity index (χ3v) is 6.11. The monoisotopic (exact) mass is 422 g/mol. The molecule has 1 N–H and O–H groups in total. The molecule has 2 aromatic heterocycles. The maximum atomic E-state index is 11.7. The van der Waals surface area contributed by atoms with Gasteiger partial charge in [0.1, 0.15) is 11.6 Å². The Morgan fingerprint density at radius 3 is 2.65 bits per heavy atom. The van der Waals surface area contributed by atoms with E-state index in [4.69, 9.17) is 19.2 Å². The van der Waals surface area contributed by atoms with Gasteiger partial charge < -0.3 is 24.1 Å². The zero-order valence-electron chi connectivity index (χ0n) is 17.9. The first-order valence-electron chi connectivity index (χ1n) is 10.6. The number of fused-ring (bicyclic) bond motifs is 1. The number of nitrogens with zero attached hydrogens (tertiary/aromatic N) is 3. The summed E-state index contributed by atoms with van der Waals surface area (Å²) in [6.45, 7) is 2.62. The third-order valence-electron chi connectivity index (χ3n) is 6.11. The maximum Gasteiger partial charge on any atom is 0.241 e. The molecule has 0 bridgehead atoms. The van der Waals surface area contributed by atoms with Gasteiger partial charge in [0.15, 0.2) is 11.5 Å². The molecule has 2 fully saturated rings. The highest BCUT2D eigenvalue weighted by Gasteiger charge is 2.31. The van der Waals surface area contributed by atoms with Crippen molar-refractivity contribution in [1.82, 2.24) is 19.9 Å². The minimum atomic E-state index is -0.155. The SMILES string of the molecule is COc1ccc(-c2cc3ncn(C4CC4)c3c(O[C@H](C)C3CNC(=O)C3)n2)cc1OC. The van der Waals surface area contributed by atoms with E-state index in [0.29, 0.717) is 36.4 Å². The van der Waals surface area contributed by atoms with Crippen LogP contribution in [0.5, 0.6) is 17.4 Å². The Morgan fingerprint density at radius 2 is 1.97 bits per heavy atom. The molecule has 3 aromatic rings. The quantitative estimate of drug-likeness (QED) is 0.628. The number of hydrogen-bond donors (Lipinski definition) is 1. The number of amides is 1. The number of ether oxygens (including phenoxy) is 3. The van der Waals surface area contributed by atoms with Gasteiger partial charge in [0.25, 0.3) is 0 Å². The first-order chi connectivity index (χ1) is 15.1. The molecule has 8 nitrogen and oxygen atoms in total. The Balaban J connectivity index is 1.57. The molecule has 2 atom stereocenters. The second-order valence-electron chi connectivity index (χ2n) is 8.22. The van der Waals surface area contributed by atoms with E-state index in [-0.39, 0.29) is 17.9 Å². The Labute approximate surface area is 180 Å². The Morgan fingerprint density at radius 1 is 1.16 bits per heavy atom. The van der Waals surface area contributed by atoms with Crippen LogP contribution in [0.2, 0.25) is 0 Å². The molecule has 3 heterocycles. The number of carbonyl (C=O) groups is 1. The topological polar surface area (TPSA) is 87.5 Å². The molecule has 1 aliphatic heterocycles. The van der Waals surface area contributed by atoms with Crippen molar-refractivity contribution in [3.8, 4) is 28.6 Å². The van der Waals surface area contributed by atoms with Crippen molar-refractivity contribution in [2.75, 3.05) is 20.8 Å². The molecule has 1 saturated heterocycles. The number of hydrogen-bond acceptors (Lipinski definition) is 6. The summed E-state index contributed by atoms with van der Waals surface area (Å²) in [6, 6.07) is 8.14. The lowest BCUT2D eigenvalue weighted by molar-refractivity contribution is -0.119. The number of pyridine rings is 1. The Bertz CT molecular complexity index is 1140. The van der Waals surface area contributed by atoms with Crippen molar-refractivity contribution in [2.24, 2.45) is 5.92 Å². The number of carbonyl (C=O) groups excluding carboxylic acids is 1. The van der Waals surface area contributed by atoms with Gasteiger partial charge in [0.05, 0.1) is 31.8 Å². The molecule has 0 spiro atoms. The molecule has 8 heteroatoms. The van der Waals surface area contributed by atoms with Crippen molar-refractivity contribution < 1.29 is 19.0 Å². The minimum Gasteiger partial charge on any atom is -0.493 e. The fourth-order valence-electron chi connectivity index (χ4n) is 4.11. The van der Waals surface area contributed by atoms with E-state index in [1.807, 2.05) is 37.5 Å². The molecule has 1 amide bonds. The van der Waals surface area contributed by atoms with Crippen molar-refractivity contribution in [3.05, 3.63) is 30.6 Å². The second kappa shape index (κ2) is 7.76. The normalized spacial score (nSPS) is 19.3. The summed E-state index contributed by atoms with van der Waals surface area (Å²) in [5.74, 6) is 2.04. The van der Waals surface area contributed by atoms with Gasteiger partial charge in [-0.25, -0.2) is 9.97 Å². The van der Waals surface area contributed by atoms with E-state index in [1.165, 1.54) is 0 Å². The second-order valence-corrected chi connectivity index (χ2v) is 8.22. The minimum absolute atomic E-state index is 0.0701. The molecule has 1 aromatic carbocycles. The Hall–Kier alpha value is -3.29. The number of benzene rings is 1. The number of rotatable bonds is 7. The summed E-state index contributed by atoms with van der Waals surface area (Å²) in [4.78, 5) is 21.2. The molecule has 0 radical (unpaired) electrons. The summed E-state index contributed by atoms with van der Waals surface area (Å²) in [7, 11) is 3.23. The predicted molar refractivity (Wildman–Crippen MR) is 116 cm³/mol. The largest absolute Gasteiger partial charge is 0.493 e. The molecule has 31 heavy (non-hydrogen) atoms. The van der Waals surface area contributed by atoms with Crippen LogP contribution in [0.3, 0.4) is 0 Å². The van der Waals surface area contributed by atoms with Crippen LogP contribution < -0.4 is 19.5 Å². The molecule has 1 unspecified atom stereocenters. The molecule has 5 rings (SSSR count). The number of methoxy groups -OCH3 is 2. The highest BCUT2D eigenvalue weighted by atomic mass is 16.5. The van der Waals surface area contributed by atoms with Crippen LogP contribution >= 0.6 is 0 Å². The van der Waals surface area contributed by atoms with Crippen LogP contribution in [0.1, 0.15) is 32.2 Å². The first kappa shape index (κ1) is 19.7. The first-order valence-corrected chi connectivity index (χ1v) is 10.6. The smallest absolute Gasteiger partial charge is 0.241 e. The fourth-order valence-corrected chi connectivity index (χ4v) is 4.11. The molecular weight excluding hydrogens is 396 g/mol. The van der Waals surface area contributed by atoms with Crippen LogP contribution in [-0.2, 0) is 4.79 Å². The standard InChI is InChI=1S/C23H26N4O4/c1-13(15-9-21(28)24-11-15)31-23-22-18(25-12-27(22)16-5-6-16)10-17(26-23)14-4-7-19(29-2)20(8-14)30-3/h4,7-8,10,12-13,15-16H,5-6,9,11H2,1-3H3,(H,24,28)/t13-,15?/m1/s1. The predicted octanol–water partition coefficient (Wildman–Crippen LogP) is 3.35. The van der Waals surface area contributed by atoms with Crippen LogP contribution in [-0.4, -0.2) is 47.3 Å². The van der Waals surface area contributed by atoms with Gasteiger partial charge in [-0.1, -0.05) is 0 Å². The molecule has 1 saturated carbocycles. The molecule has 2 aliphatic rings. The van der Waals surface area contributed by atoms with Crippen molar-refractivity contribution in [2.45, 2.75) is 38.3 Å². The average Bonchev–Trinajstić information content (AvgIpc) is 3.38. The van der Waals surface area contributed by atoms with Gasteiger partial charge in [-0.05, 0) is 44.0 Å². The van der Waals surface area contributed by atoms with Crippen molar-refractivity contribution >= 4 is 16.9 Å².